The summed E-state index contributed by atoms with van der Waals surface area (Å²) >= 11 is 0. The molecule has 0 unspecified atom stereocenters. The number of rotatable bonds is 6. The minimum Gasteiger partial charge on any atom is -0.394 e. The minimum atomic E-state index is -1.47. The lowest BCUT2D eigenvalue weighted by Gasteiger charge is -2.20. The molecule has 0 saturated heterocycles. The second kappa shape index (κ2) is 6.40. The zero-order chi connectivity index (χ0) is 9.56. The topological polar surface area (TPSA) is 18.5 Å². The molecule has 3 heteroatoms. The van der Waals surface area contributed by atoms with E-state index < -0.39 is 9.28 Å². The quantitative estimate of drug-likeness (QED) is 0.470. The fraction of sp³-hybridized carbons (Fsp3) is 0.778. The summed E-state index contributed by atoms with van der Waals surface area (Å²) in [4.78, 5) is 0. The Morgan fingerprint density at radius 2 is 1.58 bits per heavy atom. The smallest absolute Gasteiger partial charge is 0.325 e. The molecule has 0 saturated carbocycles. The van der Waals surface area contributed by atoms with Crippen LogP contribution in [0.5, 0.6) is 0 Å². The van der Waals surface area contributed by atoms with Gasteiger partial charge in [0.2, 0.25) is 0 Å². The van der Waals surface area contributed by atoms with Crippen LogP contribution >= 0.6 is 0 Å². The van der Waals surface area contributed by atoms with Gasteiger partial charge in [0.15, 0.2) is 0 Å². The van der Waals surface area contributed by atoms with E-state index in [1.807, 2.05) is 33.8 Å². The second-order valence-corrected chi connectivity index (χ2v) is 5.20. The van der Waals surface area contributed by atoms with Crippen LogP contribution in [0.4, 0.5) is 0 Å². The third-order valence-electron chi connectivity index (χ3n) is 1.21. The van der Waals surface area contributed by atoms with Gasteiger partial charge in [0.05, 0.1) is 0 Å². The number of allylic oxidation sites excluding steroid dienone is 1. The molecule has 0 radical (unpaired) electrons. The molecular formula is C9H20O2Si. The van der Waals surface area contributed by atoms with Crippen molar-refractivity contribution in [1.82, 2.24) is 0 Å². The average molecular weight is 188 g/mol. The van der Waals surface area contributed by atoms with Crippen molar-refractivity contribution in [3.8, 4) is 0 Å². The van der Waals surface area contributed by atoms with E-state index >= 15 is 0 Å². The van der Waals surface area contributed by atoms with Crippen molar-refractivity contribution in [3.63, 3.8) is 0 Å². The lowest BCUT2D eigenvalue weighted by molar-refractivity contribution is 0.132. The third-order valence-corrected chi connectivity index (χ3v) is 3.62. The highest BCUT2D eigenvalue weighted by molar-refractivity contribution is 6.45. The summed E-state index contributed by atoms with van der Waals surface area (Å²) < 4.78 is 11.3. The van der Waals surface area contributed by atoms with Crippen LogP contribution in [0.1, 0.15) is 27.7 Å². The molecule has 0 amide bonds. The zero-order valence-corrected chi connectivity index (χ0v) is 9.69. The van der Waals surface area contributed by atoms with Gasteiger partial charge in [-0.15, -0.1) is 6.58 Å². The molecule has 0 atom stereocenters. The molecule has 0 aromatic heterocycles. The summed E-state index contributed by atoms with van der Waals surface area (Å²) in [5.74, 6) is 0. The highest BCUT2D eigenvalue weighted by Gasteiger charge is 2.14. The zero-order valence-electron chi connectivity index (χ0n) is 8.54. The lowest BCUT2D eigenvalue weighted by Crippen LogP contribution is -2.28. The van der Waals surface area contributed by atoms with Crippen LogP contribution in [0.3, 0.4) is 0 Å². The molecule has 0 bridgehead atoms. The van der Waals surface area contributed by atoms with Crippen molar-refractivity contribution < 1.29 is 8.85 Å². The molecule has 2 nitrogen and oxygen atoms in total. The summed E-state index contributed by atoms with van der Waals surface area (Å²) in [6.45, 7) is 11.8. The molecule has 0 aliphatic heterocycles. The Labute approximate surface area is 77.4 Å². The van der Waals surface area contributed by atoms with Gasteiger partial charge >= 0.3 is 9.28 Å². The molecule has 0 heterocycles. The van der Waals surface area contributed by atoms with E-state index in [4.69, 9.17) is 8.85 Å². The highest BCUT2D eigenvalue weighted by Crippen LogP contribution is 2.04. The van der Waals surface area contributed by atoms with Crippen molar-refractivity contribution in [2.24, 2.45) is 0 Å². The van der Waals surface area contributed by atoms with Crippen molar-refractivity contribution in [2.45, 2.75) is 45.9 Å². The van der Waals surface area contributed by atoms with E-state index in [0.717, 1.165) is 6.04 Å². The third kappa shape index (κ3) is 6.58. The Morgan fingerprint density at radius 3 is 1.83 bits per heavy atom. The van der Waals surface area contributed by atoms with Crippen LogP contribution < -0.4 is 0 Å². The molecule has 0 spiro atoms. The van der Waals surface area contributed by atoms with Crippen LogP contribution in [0.15, 0.2) is 12.7 Å². The standard InChI is InChI=1S/C9H20O2Si/c1-6-7-12(10-8(2)3)11-9(4)5/h6,8-9,12H,1,7H2,2-5H3. The summed E-state index contributed by atoms with van der Waals surface area (Å²) in [5.41, 5.74) is 0. The van der Waals surface area contributed by atoms with Crippen LogP contribution in [0.25, 0.3) is 0 Å². The van der Waals surface area contributed by atoms with Crippen molar-refractivity contribution in [3.05, 3.63) is 12.7 Å². The van der Waals surface area contributed by atoms with Gasteiger partial charge in [0, 0.05) is 18.3 Å². The first-order valence-electron chi connectivity index (χ1n) is 4.48. The predicted octanol–water partition coefficient (Wildman–Crippen LogP) is 2.24. The molecular weight excluding hydrogens is 168 g/mol. The van der Waals surface area contributed by atoms with Crippen LogP contribution in [0, 0.1) is 0 Å². The second-order valence-electron chi connectivity index (χ2n) is 3.32. The Morgan fingerprint density at radius 1 is 1.17 bits per heavy atom. The van der Waals surface area contributed by atoms with Gasteiger partial charge in [0.25, 0.3) is 0 Å². The van der Waals surface area contributed by atoms with Crippen molar-refractivity contribution >= 4 is 9.28 Å². The molecule has 0 aliphatic rings. The molecule has 0 aromatic rings. The monoisotopic (exact) mass is 188 g/mol. The van der Waals surface area contributed by atoms with Gasteiger partial charge in [0.1, 0.15) is 0 Å². The Hall–Kier alpha value is -0.123. The first kappa shape index (κ1) is 11.9. The van der Waals surface area contributed by atoms with Gasteiger partial charge in [-0.1, -0.05) is 6.08 Å². The number of hydrogen-bond donors (Lipinski definition) is 0. The van der Waals surface area contributed by atoms with Crippen LogP contribution in [-0.2, 0) is 8.85 Å². The summed E-state index contributed by atoms with van der Waals surface area (Å²) in [5, 5.41) is 0. The molecule has 12 heavy (non-hydrogen) atoms. The van der Waals surface area contributed by atoms with E-state index in [1.54, 1.807) is 0 Å². The summed E-state index contributed by atoms with van der Waals surface area (Å²) in [7, 11) is -1.47. The van der Waals surface area contributed by atoms with E-state index in [-0.39, 0.29) is 12.2 Å². The van der Waals surface area contributed by atoms with E-state index in [9.17, 15) is 0 Å². The van der Waals surface area contributed by atoms with Crippen molar-refractivity contribution in [2.75, 3.05) is 0 Å². The normalized spacial score (nSPS) is 11.6. The lowest BCUT2D eigenvalue weighted by atomic mass is 10.5. The average Bonchev–Trinajstić information content (AvgIpc) is 1.84. The molecule has 0 aliphatic carbocycles. The van der Waals surface area contributed by atoms with Gasteiger partial charge in [-0.25, -0.2) is 0 Å². The maximum absolute atomic E-state index is 5.65. The maximum Gasteiger partial charge on any atom is 0.325 e. The Kier molecular flexibility index (Phi) is 6.33. The fourth-order valence-corrected chi connectivity index (χ4v) is 2.66. The molecule has 0 fully saturated rings. The fourth-order valence-electron chi connectivity index (χ4n) is 0.886. The van der Waals surface area contributed by atoms with E-state index in [0.29, 0.717) is 0 Å². The van der Waals surface area contributed by atoms with Crippen LogP contribution in [-0.4, -0.2) is 21.5 Å². The first-order chi connectivity index (χ1) is 5.56. The Bertz CT molecular complexity index is 114. The molecule has 0 rings (SSSR count). The molecule has 0 N–H and O–H groups in total. The largest absolute Gasteiger partial charge is 0.394 e. The van der Waals surface area contributed by atoms with Gasteiger partial charge in [-0.3, -0.25) is 0 Å². The summed E-state index contributed by atoms with van der Waals surface area (Å²) in [6, 6.07) is 0.885. The van der Waals surface area contributed by atoms with E-state index in [2.05, 4.69) is 6.58 Å². The SMILES string of the molecule is C=CC[SiH](OC(C)C)OC(C)C. The molecule has 72 valence electrons. The molecule has 0 aromatic carbocycles. The highest BCUT2D eigenvalue weighted by atomic mass is 28.3. The minimum absolute atomic E-state index is 0.264. The first-order valence-corrected chi connectivity index (χ1v) is 6.24. The number of hydrogen-bond acceptors (Lipinski definition) is 2. The van der Waals surface area contributed by atoms with Gasteiger partial charge < -0.3 is 8.85 Å². The summed E-state index contributed by atoms with van der Waals surface area (Å²) in [6.07, 6.45) is 2.41. The van der Waals surface area contributed by atoms with Gasteiger partial charge in [-0.2, -0.15) is 0 Å². The van der Waals surface area contributed by atoms with Crippen LogP contribution in [0.2, 0.25) is 6.04 Å². The predicted molar refractivity (Wildman–Crippen MR) is 54.6 cm³/mol. The van der Waals surface area contributed by atoms with Crippen molar-refractivity contribution in [1.29, 1.82) is 0 Å². The van der Waals surface area contributed by atoms with Gasteiger partial charge in [-0.05, 0) is 27.7 Å². The Balaban J connectivity index is 3.77. The maximum atomic E-state index is 5.65. The van der Waals surface area contributed by atoms with E-state index in [1.165, 1.54) is 0 Å².